The maximum absolute atomic E-state index is 11.8. The summed E-state index contributed by atoms with van der Waals surface area (Å²) < 4.78 is 0. The van der Waals surface area contributed by atoms with Crippen molar-refractivity contribution in [2.45, 2.75) is 50.6 Å². The molecule has 0 aliphatic heterocycles. The van der Waals surface area contributed by atoms with E-state index in [0.717, 1.165) is 12.3 Å². The minimum absolute atomic E-state index is 0.0503. The van der Waals surface area contributed by atoms with Gasteiger partial charge >= 0.3 is 5.97 Å². The average molecular weight is 240 g/mol. The molecule has 2 aliphatic rings. The van der Waals surface area contributed by atoms with Crippen molar-refractivity contribution in [1.29, 1.82) is 0 Å². The summed E-state index contributed by atoms with van der Waals surface area (Å²) in [5, 5.41) is 11.5. The zero-order valence-electron chi connectivity index (χ0n) is 9.89. The van der Waals surface area contributed by atoms with E-state index in [1.54, 1.807) is 0 Å². The molecule has 0 aromatic rings. The zero-order valence-corrected chi connectivity index (χ0v) is 9.89. The highest BCUT2D eigenvalue weighted by Crippen LogP contribution is 2.44. The second-order valence-electron chi connectivity index (χ2n) is 5.33. The number of amides is 1. The lowest BCUT2D eigenvalue weighted by molar-refractivity contribution is -0.137. The van der Waals surface area contributed by atoms with Gasteiger partial charge in [-0.15, -0.1) is 0 Å². The zero-order chi connectivity index (χ0) is 12.4. The molecule has 2 rings (SSSR count). The van der Waals surface area contributed by atoms with Crippen LogP contribution in [0.15, 0.2) is 0 Å². The Labute approximate surface area is 101 Å². The smallest absolute Gasteiger partial charge is 0.303 e. The van der Waals surface area contributed by atoms with E-state index in [2.05, 4.69) is 5.32 Å². The van der Waals surface area contributed by atoms with Crippen LogP contribution in [0.1, 0.15) is 38.5 Å². The van der Waals surface area contributed by atoms with Crippen molar-refractivity contribution in [2.24, 2.45) is 17.6 Å². The van der Waals surface area contributed by atoms with Gasteiger partial charge in [-0.05, 0) is 37.5 Å². The Morgan fingerprint density at radius 1 is 1.35 bits per heavy atom. The van der Waals surface area contributed by atoms with E-state index in [0.29, 0.717) is 5.92 Å². The first kappa shape index (κ1) is 12.4. The highest BCUT2D eigenvalue weighted by Gasteiger charge is 2.40. The fraction of sp³-hybridized carbons (Fsp3) is 0.833. The van der Waals surface area contributed by atoms with E-state index in [9.17, 15) is 9.59 Å². The molecule has 1 amide bonds. The van der Waals surface area contributed by atoms with Gasteiger partial charge in [-0.25, -0.2) is 0 Å². The van der Waals surface area contributed by atoms with Crippen molar-refractivity contribution in [1.82, 2.24) is 5.32 Å². The normalized spacial score (nSPS) is 32.4. The van der Waals surface area contributed by atoms with Gasteiger partial charge in [-0.3, -0.25) is 9.59 Å². The molecule has 2 bridgehead atoms. The Bertz CT molecular complexity index is 319. The maximum Gasteiger partial charge on any atom is 0.303 e. The summed E-state index contributed by atoms with van der Waals surface area (Å²) in [7, 11) is 0. The molecule has 4 atom stereocenters. The molecule has 0 radical (unpaired) electrons. The molecule has 2 saturated carbocycles. The molecule has 2 fully saturated rings. The third-order valence-corrected chi connectivity index (χ3v) is 4.07. The lowest BCUT2D eigenvalue weighted by atomic mass is 9.95. The number of aliphatic carboxylic acids is 1. The minimum Gasteiger partial charge on any atom is -0.481 e. The first-order valence-electron chi connectivity index (χ1n) is 6.34. The maximum atomic E-state index is 11.8. The minimum atomic E-state index is -0.909. The number of fused-ring (bicyclic) bond motifs is 2. The Morgan fingerprint density at radius 2 is 2.12 bits per heavy atom. The van der Waals surface area contributed by atoms with E-state index < -0.39 is 12.0 Å². The molecule has 0 aromatic carbocycles. The molecule has 2 aliphatic carbocycles. The molecule has 96 valence electrons. The summed E-state index contributed by atoms with van der Waals surface area (Å²) in [4.78, 5) is 22.1. The van der Waals surface area contributed by atoms with Crippen molar-refractivity contribution in [3.8, 4) is 0 Å². The van der Waals surface area contributed by atoms with Gasteiger partial charge in [0.25, 0.3) is 0 Å². The van der Waals surface area contributed by atoms with Gasteiger partial charge in [0.15, 0.2) is 0 Å². The van der Waals surface area contributed by atoms with Crippen molar-refractivity contribution >= 4 is 11.9 Å². The van der Waals surface area contributed by atoms with Gasteiger partial charge < -0.3 is 16.2 Å². The number of carboxylic acids is 1. The van der Waals surface area contributed by atoms with Crippen molar-refractivity contribution < 1.29 is 14.7 Å². The van der Waals surface area contributed by atoms with Crippen molar-refractivity contribution in [2.75, 3.05) is 0 Å². The molecular weight excluding hydrogens is 220 g/mol. The van der Waals surface area contributed by atoms with Gasteiger partial charge in [-0.2, -0.15) is 0 Å². The van der Waals surface area contributed by atoms with Crippen LogP contribution in [0.3, 0.4) is 0 Å². The Balaban J connectivity index is 1.75. The van der Waals surface area contributed by atoms with Gasteiger partial charge in [0.2, 0.25) is 5.91 Å². The standard InChI is InChI=1S/C12H20N2O3/c13-9(3-4-11(15)16)12(17)14-10-6-7-1-2-8(10)5-7/h7-10H,1-6,13H2,(H,14,17)(H,15,16). The summed E-state index contributed by atoms with van der Waals surface area (Å²) in [5.41, 5.74) is 5.67. The quantitative estimate of drug-likeness (QED) is 0.652. The van der Waals surface area contributed by atoms with Crippen LogP contribution in [-0.2, 0) is 9.59 Å². The van der Waals surface area contributed by atoms with Crippen molar-refractivity contribution in [3.63, 3.8) is 0 Å². The topological polar surface area (TPSA) is 92.4 Å². The number of nitrogens with one attached hydrogen (secondary N) is 1. The molecule has 4 N–H and O–H groups in total. The highest BCUT2D eigenvalue weighted by atomic mass is 16.4. The summed E-state index contributed by atoms with van der Waals surface area (Å²) in [6.45, 7) is 0. The van der Waals surface area contributed by atoms with Gasteiger partial charge in [0.05, 0.1) is 6.04 Å². The van der Waals surface area contributed by atoms with Crippen LogP contribution in [0, 0.1) is 11.8 Å². The van der Waals surface area contributed by atoms with Crippen LogP contribution >= 0.6 is 0 Å². The molecular formula is C12H20N2O3. The third kappa shape index (κ3) is 2.97. The molecule has 17 heavy (non-hydrogen) atoms. The van der Waals surface area contributed by atoms with Gasteiger partial charge in [0, 0.05) is 12.5 Å². The molecule has 4 unspecified atom stereocenters. The average Bonchev–Trinajstić information content (AvgIpc) is 2.87. The van der Waals surface area contributed by atoms with Crippen LogP contribution in [-0.4, -0.2) is 29.1 Å². The monoisotopic (exact) mass is 240 g/mol. The first-order valence-corrected chi connectivity index (χ1v) is 6.34. The lowest BCUT2D eigenvalue weighted by Gasteiger charge is -2.24. The number of carbonyl (C=O) groups is 2. The summed E-state index contributed by atoms with van der Waals surface area (Å²) in [6, 6.07) is -0.414. The molecule has 0 saturated heterocycles. The van der Waals surface area contributed by atoms with Crippen LogP contribution < -0.4 is 11.1 Å². The number of carbonyl (C=O) groups excluding carboxylic acids is 1. The van der Waals surface area contributed by atoms with E-state index in [4.69, 9.17) is 10.8 Å². The van der Waals surface area contributed by atoms with E-state index in [1.165, 1.54) is 19.3 Å². The Morgan fingerprint density at radius 3 is 2.65 bits per heavy atom. The largest absolute Gasteiger partial charge is 0.481 e. The summed E-state index contributed by atoms with van der Waals surface area (Å²) in [6.07, 6.45) is 4.97. The van der Waals surface area contributed by atoms with E-state index in [-0.39, 0.29) is 24.8 Å². The first-order chi connectivity index (χ1) is 8.06. The molecule has 0 aromatic heterocycles. The van der Waals surface area contributed by atoms with Crippen LogP contribution in [0.25, 0.3) is 0 Å². The SMILES string of the molecule is NC(CCC(=O)O)C(=O)NC1CC2CCC1C2. The van der Waals surface area contributed by atoms with E-state index in [1.807, 2.05) is 0 Å². The van der Waals surface area contributed by atoms with Crippen molar-refractivity contribution in [3.05, 3.63) is 0 Å². The molecule has 0 heterocycles. The van der Waals surface area contributed by atoms with E-state index >= 15 is 0 Å². The number of hydrogen-bond acceptors (Lipinski definition) is 3. The Kier molecular flexibility index (Phi) is 3.66. The molecule has 5 heteroatoms. The fourth-order valence-corrected chi connectivity index (χ4v) is 3.12. The molecule has 0 spiro atoms. The second-order valence-corrected chi connectivity index (χ2v) is 5.33. The number of nitrogens with two attached hydrogens (primary N) is 1. The highest BCUT2D eigenvalue weighted by molar-refractivity contribution is 5.82. The van der Waals surface area contributed by atoms with Gasteiger partial charge in [-0.1, -0.05) is 6.42 Å². The lowest BCUT2D eigenvalue weighted by Crippen LogP contribution is -2.47. The van der Waals surface area contributed by atoms with Crippen LogP contribution in [0.4, 0.5) is 0 Å². The number of rotatable bonds is 5. The predicted octanol–water partition coefficient (Wildman–Crippen LogP) is 0.483. The fourth-order valence-electron chi connectivity index (χ4n) is 3.12. The summed E-state index contributed by atoms with van der Waals surface area (Å²) >= 11 is 0. The number of hydrogen-bond donors (Lipinski definition) is 3. The van der Waals surface area contributed by atoms with Crippen LogP contribution in [0.5, 0.6) is 0 Å². The van der Waals surface area contributed by atoms with Crippen LogP contribution in [0.2, 0.25) is 0 Å². The predicted molar refractivity (Wildman–Crippen MR) is 62.2 cm³/mol. The Hall–Kier alpha value is -1.10. The third-order valence-electron chi connectivity index (χ3n) is 4.07. The molecule has 5 nitrogen and oxygen atoms in total. The van der Waals surface area contributed by atoms with Gasteiger partial charge in [0.1, 0.15) is 0 Å². The summed E-state index contributed by atoms with van der Waals surface area (Å²) in [5.74, 6) is 0.299. The number of carboxylic acid groups (broad SMARTS) is 1. The second kappa shape index (κ2) is 5.04.